The second-order valence-corrected chi connectivity index (χ2v) is 6.75. The minimum absolute atomic E-state index is 0.176. The summed E-state index contributed by atoms with van der Waals surface area (Å²) in [5.74, 6) is 0. The molecule has 0 saturated heterocycles. The lowest BCUT2D eigenvalue weighted by Crippen LogP contribution is -2.02. The summed E-state index contributed by atoms with van der Waals surface area (Å²) in [6.45, 7) is 7.65. The minimum atomic E-state index is 0.176. The molecule has 5 heterocycles. The van der Waals surface area contributed by atoms with E-state index in [1.807, 2.05) is 12.3 Å². The molecule has 0 fully saturated rings. The monoisotopic (exact) mass is 362 g/mol. The zero-order chi connectivity index (χ0) is 17.5. The highest BCUT2D eigenvalue weighted by atomic mass is 32.1. The topological polar surface area (TPSA) is 107 Å². The van der Waals surface area contributed by atoms with Gasteiger partial charge in [-0.25, -0.2) is 25.9 Å². The maximum atomic E-state index is 6.92. The van der Waals surface area contributed by atoms with Crippen molar-refractivity contribution in [1.29, 1.82) is 0 Å². The van der Waals surface area contributed by atoms with Crippen LogP contribution in [0.3, 0.4) is 0 Å². The summed E-state index contributed by atoms with van der Waals surface area (Å²) in [5, 5.41) is 19.4. The first-order valence-electron chi connectivity index (χ1n) is 7.64. The molecule has 0 unspecified atom stereocenters. The van der Waals surface area contributed by atoms with E-state index in [9.17, 15) is 0 Å². The molecule has 1 N–H and O–H groups in total. The van der Waals surface area contributed by atoms with Crippen LogP contribution in [0.25, 0.3) is 37.6 Å². The van der Waals surface area contributed by atoms with Crippen LogP contribution < -0.4 is 0 Å². The Morgan fingerprint density at radius 2 is 2.23 bits per heavy atom. The lowest BCUT2D eigenvalue weighted by atomic mass is 10.3. The molecule has 126 valence electrons. The molecule has 10 nitrogen and oxygen atoms in total. The largest absolute Gasteiger partial charge is 0.307 e. The molecule has 5 aromatic rings. The predicted molar refractivity (Wildman–Crippen MR) is 94.0 cm³/mol. The van der Waals surface area contributed by atoms with Gasteiger partial charge < -0.3 is 0 Å². The zero-order valence-electron chi connectivity index (χ0n) is 13.2. The Labute approximate surface area is 149 Å². The number of hydrogen-bond donors (Lipinski definition) is 1. The third kappa shape index (κ3) is 2.40. The van der Waals surface area contributed by atoms with Crippen LogP contribution in [0.1, 0.15) is 4.88 Å². The van der Waals surface area contributed by atoms with Crippen molar-refractivity contribution in [2.24, 2.45) is 0 Å². The van der Waals surface area contributed by atoms with Crippen molar-refractivity contribution in [3.05, 3.63) is 47.1 Å². The maximum Gasteiger partial charge on any atom is 0.307 e. The summed E-state index contributed by atoms with van der Waals surface area (Å²) in [4.78, 5) is 13.4. The third-order valence-corrected chi connectivity index (χ3v) is 4.91. The summed E-state index contributed by atoms with van der Waals surface area (Å²) >= 11 is 1.65. The number of hydrogen-bond acceptors (Lipinski definition) is 7. The number of H-pyrrole nitrogens is 1. The molecule has 0 bridgehead atoms. The van der Waals surface area contributed by atoms with Gasteiger partial charge in [0.1, 0.15) is 0 Å². The van der Waals surface area contributed by atoms with Gasteiger partial charge in [0.05, 0.1) is 41.0 Å². The van der Waals surface area contributed by atoms with Gasteiger partial charge in [-0.2, -0.15) is 10.2 Å². The minimum Gasteiger partial charge on any atom is -0.291 e. The van der Waals surface area contributed by atoms with E-state index in [-0.39, 0.29) is 6.67 Å². The molecule has 0 spiro atoms. The summed E-state index contributed by atoms with van der Waals surface area (Å²) < 4.78 is 4.39. The van der Waals surface area contributed by atoms with Gasteiger partial charge in [-0.3, -0.25) is 9.94 Å². The first-order chi connectivity index (χ1) is 12.8. The maximum absolute atomic E-state index is 6.92. The molecule has 0 aliphatic rings. The van der Waals surface area contributed by atoms with Crippen LogP contribution in [0.2, 0.25) is 0 Å². The quantitative estimate of drug-likeness (QED) is 0.490. The second kappa shape index (κ2) is 5.71. The lowest BCUT2D eigenvalue weighted by molar-refractivity contribution is 0.671. The Morgan fingerprint density at radius 1 is 1.27 bits per heavy atom. The van der Waals surface area contributed by atoms with E-state index in [2.05, 4.69) is 40.4 Å². The number of nitrogens with one attached hydrogen (secondary N) is 1. The van der Waals surface area contributed by atoms with Crippen LogP contribution >= 0.6 is 11.3 Å². The Balaban J connectivity index is 1.51. The number of nitrogens with zero attached hydrogens (tertiary/aromatic N) is 9. The highest BCUT2D eigenvalue weighted by molar-refractivity contribution is 7.19. The lowest BCUT2D eigenvalue weighted by Gasteiger charge is -2.00. The molecule has 0 amide bonds. The molecular formula is C15H10N10S. The molecule has 0 aromatic carbocycles. The van der Waals surface area contributed by atoms with Crippen LogP contribution in [0.5, 0.6) is 0 Å². The van der Waals surface area contributed by atoms with E-state index >= 15 is 0 Å². The van der Waals surface area contributed by atoms with Crippen LogP contribution in [0, 0.1) is 6.57 Å². The summed E-state index contributed by atoms with van der Waals surface area (Å²) in [5.41, 5.74) is 3.57. The molecule has 5 rings (SSSR count). The smallest absolute Gasteiger partial charge is 0.291 e. The SMILES string of the molecule is [C-]#[N+]Cn1cc(-c2cnc3nnn(Cc4cc5[nH]ncc5s4)c3n2)cn1. The van der Waals surface area contributed by atoms with Gasteiger partial charge in [0.15, 0.2) is 5.65 Å². The molecule has 0 aliphatic heterocycles. The fourth-order valence-electron chi connectivity index (χ4n) is 2.67. The van der Waals surface area contributed by atoms with Crippen molar-refractivity contribution in [3.63, 3.8) is 0 Å². The standard InChI is InChI=1S/C15H10N10S/c1-16-8-24-6-9(3-19-24)12-4-17-14-15(20-12)25(23-22-14)7-10-2-11-13(26-10)5-18-21-11/h2-6H,7-8H2,(H,18,21). The number of fused-ring (bicyclic) bond motifs is 2. The molecule has 0 atom stereocenters. The Bertz CT molecular complexity index is 1240. The van der Waals surface area contributed by atoms with Crippen LogP contribution in [-0.4, -0.2) is 44.9 Å². The molecule has 0 saturated carbocycles. The summed E-state index contributed by atoms with van der Waals surface area (Å²) in [7, 11) is 0. The average molecular weight is 362 g/mol. The number of thiophene rings is 1. The highest BCUT2D eigenvalue weighted by Crippen LogP contribution is 2.25. The van der Waals surface area contributed by atoms with Crippen LogP contribution in [0.15, 0.2) is 30.9 Å². The number of rotatable bonds is 4. The molecule has 0 radical (unpaired) electrons. The van der Waals surface area contributed by atoms with E-state index in [4.69, 9.17) is 6.57 Å². The van der Waals surface area contributed by atoms with Gasteiger partial charge in [-0.05, 0) is 6.07 Å². The average Bonchev–Trinajstić information content (AvgIpc) is 3.39. The van der Waals surface area contributed by atoms with Gasteiger partial charge in [0, 0.05) is 16.6 Å². The fraction of sp³-hybridized carbons (Fsp3) is 0.133. The van der Waals surface area contributed by atoms with Crippen molar-refractivity contribution in [1.82, 2.24) is 44.9 Å². The third-order valence-electron chi connectivity index (χ3n) is 3.86. The summed E-state index contributed by atoms with van der Waals surface area (Å²) in [6.07, 6.45) is 6.89. The van der Waals surface area contributed by atoms with Crippen molar-refractivity contribution >= 4 is 32.8 Å². The number of aromatic amines is 1. The Kier molecular flexibility index (Phi) is 3.22. The Morgan fingerprint density at radius 3 is 3.12 bits per heavy atom. The van der Waals surface area contributed by atoms with Gasteiger partial charge in [-0.15, -0.1) is 16.4 Å². The van der Waals surface area contributed by atoms with Crippen LogP contribution in [0.4, 0.5) is 0 Å². The van der Waals surface area contributed by atoms with Crippen molar-refractivity contribution in [2.45, 2.75) is 13.2 Å². The van der Waals surface area contributed by atoms with Gasteiger partial charge in [0.25, 0.3) is 0 Å². The van der Waals surface area contributed by atoms with E-state index in [1.54, 1.807) is 39.3 Å². The molecular weight excluding hydrogens is 352 g/mol. The first kappa shape index (κ1) is 14.7. The predicted octanol–water partition coefficient (Wildman–Crippen LogP) is 1.95. The fourth-order valence-corrected chi connectivity index (χ4v) is 3.64. The molecule has 5 aromatic heterocycles. The normalized spacial score (nSPS) is 11.3. The second-order valence-electron chi connectivity index (χ2n) is 5.58. The highest BCUT2D eigenvalue weighted by Gasteiger charge is 2.13. The van der Waals surface area contributed by atoms with Crippen molar-refractivity contribution < 1.29 is 0 Å². The van der Waals surface area contributed by atoms with E-state index in [0.717, 1.165) is 20.7 Å². The molecule has 11 heteroatoms. The van der Waals surface area contributed by atoms with Gasteiger partial charge in [0.2, 0.25) is 5.65 Å². The number of aromatic nitrogens is 9. The Hall–Kier alpha value is -3.65. The van der Waals surface area contributed by atoms with E-state index in [1.165, 1.54) is 0 Å². The molecule has 0 aliphatic carbocycles. The molecule has 26 heavy (non-hydrogen) atoms. The zero-order valence-corrected chi connectivity index (χ0v) is 14.1. The first-order valence-corrected chi connectivity index (χ1v) is 8.46. The van der Waals surface area contributed by atoms with Gasteiger partial charge in [-0.1, -0.05) is 5.21 Å². The summed E-state index contributed by atoms with van der Waals surface area (Å²) in [6, 6.07) is 2.05. The van der Waals surface area contributed by atoms with Gasteiger partial charge >= 0.3 is 6.67 Å². The van der Waals surface area contributed by atoms with Crippen LogP contribution in [-0.2, 0) is 13.2 Å². The van der Waals surface area contributed by atoms with E-state index in [0.29, 0.717) is 23.5 Å². The van der Waals surface area contributed by atoms with E-state index < -0.39 is 0 Å². The van der Waals surface area contributed by atoms with Crippen molar-refractivity contribution in [3.8, 4) is 11.3 Å². The van der Waals surface area contributed by atoms with Crippen molar-refractivity contribution in [2.75, 3.05) is 0 Å².